The average Bonchev–Trinajstić information content (AvgIpc) is 3.37. The number of hydrogen-bond donors (Lipinski definition) is 0. The number of methoxy groups -OCH3 is 1. The summed E-state index contributed by atoms with van der Waals surface area (Å²) in [7, 11) is 1.64. The van der Waals surface area contributed by atoms with Crippen molar-refractivity contribution >= 4 is 16.9 Å². The number of rotatable bonds is 7. The van der Waals surface area contributed by atoms with Gasteiger partial charge >= 0.3 is 0 Å². The lowest BCUT2D eigenvalue weighted by Gasteiger charge is -2.33. The zero-order valence-corrected chi connectivity index (χ0v) is 16.0. The van der Waals surface area contributed by atoms with E-state index in [1.165, 1.54) is 0 Å². The second kappa shape index (κ2) is 8.47. The Balaban J connectivity index is 1.43. The minimum Gasteiger partial charge on any atom is -0.384 e. The number of aromatic nitrogens is 5. The molecule has 0 saturated carbocycles. The van der Waals surface area contributed by atoms with Crippen LogP contribution >= 0.6 is 0 Å². The van der Waals surface area contributed by atoms with Crippen LogP contribution in [0, 0.1) is 0 Å². The Kier molecular flexibility index (Phi) is 5.61. The van der Waals surface area contributed by atoms with Gasteiger partial charge in [0.25, 0.3) is 0 Å². The predicted molar refractivity (Wildman–Crippen MR) is 100 cm³/mol. The summed E-state index contributed by atoms with van der Waals surface area (Å²) in [5.74, 6) is 1.20. The number of aryl methyl sites for hydroxylation is 1. The van der Waals surface area contributed by atoms with E-state index in [0.717, 1.165) is 30.3 Å². The lowest BCUT2D eigenvalue weighted by molar-refractivity contribution is -0.136. The maximum Gasteiger partial charge on any atom is 0.249 e. The number of hydrogen-bond acceptors (Lipinski definition) is 7. The van der Waals surface area contributed by atoms with E-state index >= 15 is 0 Å². The summed E-state index contributed by atoms with van der Waals surface area (Å²) in [5, 5.41) is 12.3. The van der Waals surface area contributed by atoms with Gasteiger partial charge in [-0.1, -0.05) is 22.5 Å². The summed E-state index contributed by atoms with van der Waals surface area (Å²) in [4.78, 5) is 19.3. The molecule has 9 nitrogen and oxygen atoms in total. The number of para-hydroxylation sites is 1. The fraction of sp³-hybridized carbons (Fsp3) is 0.526. The molecule has 1 atom stereocenters. The van der Waals surface area contributed by atoms with Crippen LogP contribution in [0.2, 0.25) is 0 Å². The summed E-state index contributed by atoms with van der Waals surface area (Å²) in [6.07, 6.45) is 3.82. The molecule has 0 spiro atoms. The molecule has 1 aliphatic rings. The van der Waals surface area contributed by atoms with Gasteiger partial charge < -0.3 is 14.2 Å². The van der Waals surface area contributed by atoms with Crippen molar-refractivity contribution < 1.29 is 14.1 Å². The standard InChI is InChI=1S/C19H24N6O3/c1-27-13-10-17-20-19(28-22-17)16-8-4-5-11-24(16)18(26)9-12-25-15-7-3-2-6-14(15)21-23-25/h2-3,6-7,16H,4-5,8-13H2,1H3. The molecule has 1 unspecified atom stereocenters. The summed E-state index contributed by atoms with van der Waals surface area (Å²) in [6.45, 7) is 1.74. The number of benzene rings is 1. The molecule has 0 N–H and O–H groups in total. The Bertz CT molecular complexity index is 937. The molecule has 1 aliphatic heterocycles. The molecule has 4 rings (SSSR count). The highest BCUT2D eigenvalue weighted by Crippen LogP contribution is 2.30. The second-order valence-electron chi connectivity index (χ2n) is 6.94. The molecule has 28 heavy (non-hydrogen) atoms. The van der Waals surface area contributed by atoms with Crippen molar-refractivity contribution in [1.82, 2.24) is 30.0 Å². The molecule has 9 heteroatoms. The van der Waals surface area contributed by atoms with Gasteiger partial charge in [-0.15, -0.1) is 5.10 Å². The summed E-state index contributed by atoms with van der Waals surface area (Å²) in [6, 6.07) is 7.59. The van der Waals surface area contributed by atoms with E-state index in [0.29, 0.717) is 44.3 Å². The number of amides is 1. The van der Waals surface area contributed by atoms with Gasteiger partial charge in [-0.3, -0.25) is 4.79 Å². The van der Waals surface area contributed by atoms with Gasteiger partial charge in [-0.05, 0) is 31.4 Å². The van der Waals surface area contributed by atoms with E-state index < -0.39 is 0 Å². The first-order valence-corrected chi connectivity index (χ1v) is 9.65. The van der Waals surface area contributed by atoms with E-state index in [9.17, 15) is 4.79 Å². The number of likely N-dealkylation sites (tertiary alicyclic amines) is 1. The fourth-order valence-electron chi connectivity index (χ4n) is 3.61. The minimum atomic E-state index is -0.155. The van der Waals surface area contributed by atoms with Crippen molar-refractivity contribution in [3.63, 3.8) is 0 Å². The third-order valence-corrected chi connectivity index (χ3v) is 5.08. The Morgan fingerprint density at radius 1 is 1.32 bits per heavy atom. The first-order valence-electron chi connectivity index (χ1n) is 9.65. The van der Waals surface area contributed by atoms with Crippen LogP contribution in [0.1, 0.15) is 43.4 Å². The average molecular weight is 384 g/mol. The van der Waals surface area contributed by atoms with Crippen molar-refractivity contribution in [3.05, 3.63) is 36.0 Å². The van der Waals surface area contributed by atoms with Gasteiger partial charge in [0.1, 0.15) is 11.6 Å². The van der Waals surface area contributed by atoms with Crippen molar-refractivity contribution in [3.8, 4) is 0 Å². The lowest BCUT2D eigenvalue weighted by Crippen LogP contribution is -2.39. The molecule has 1 saturated heterocycles. The number of ether oxygens (including phenoxy) is 1. The lowest BCUT2D eigenvalue weighted by atomic mass is 10.0. The van der Waals surface area contributed by atoms with Crippen LogP contribution in [0.15, 0.2) is 28.8 Å². The highest BCUT2D eigenvalue weighted by Gasteiger charge is 2.32. The van der Waals surface area contributed by atoms with Gasteiger partial charge in [-0.25, -0.2) is 4.68 Å². The third-order valence-electron chi connectivity index (χ3n) is 5.08. The van der Waals surface area contributed by atoms with Crippen LogP contribution in [0.25, 0.3) is 11.0 Å². The number of carbonyl (C=O) groups is 1. The quantitative estimate of drug-likeness (QED) is 0.615. The summed E-state index contributed by atoms with van der Waals surface area (Å²) >= 11 is 0. The van der Waals surface area contributed by atoms with Gasteiger partial charge in [0, 0.05) is 26.5 Å². The van der Waals surface area contributed by atoms with Gasteiger partial charge in [0.05, 0.1) is 18.7 Å². The van der Waals surface area contributed by atoms with E-state index in [1.54, 1.807) is 11.8 Å². The van der Waals surface area contributed by atoms with Crippen molar-refractivity contribution in [2.75, 3.05) is 20.3 Å². The van der Waals surface area contributed by atoms with Gasteiger partial charge in [0.2, 0.25) is 11.8 Å². The molecular weight excluding hydrogens is 360 g/mol. The summed E-state index contributed by atoms with van der Waals surface area (Å²) in [5.41, 5.74) is 1.77. The van der Waals surface area contributed by atoms with Crippen LogP contribution in [-0.2, 0) is 22.5 Å². The highest BCUT2D eigenvalue weighted by molar-refractivity contribution is 5.77. The maximum atomic E-state index is 12.9. The summed E-state index contributed by atoms with van der Waals surface area (Å²) < 4.78 is 12.3. The maximum absolute atomic E-state index is 12.9. The third kappa shape index (κ3) is 3.89. The second-order valence-corrected chi connectivity index (χ2v) is 6.94. The number of carbonyl (C=O) groups excluding carboxylic acids is 1. The molecule has 1 amide bonds. The van der Waals surface area contributed by atoms with Crippen LogP contribution in [0.5, 0.6) is 0 Å². The number of piperidine rings is 1. The molecular formula is C19H24N6O3. The van der Waals surface area contributed by atoms with Crippen molar-refractivity contribution in [2.45, 2.75) is 44.7 Å². The smallest absolute Gasteiger partial charge is 0.249 e. The predicted octanol–water partition coefficient (Wildman–Crippen LogP) is 2.15. The molecule has 3 heterocycles. The normalized spacial score (nSPS) is 17.3. The topological polar surface area (TPSA) is 99.2 Å². The van der Waals surface area contributed by atoms with Crippen LogP contribution in [-0.4, -0.2) is 56.2 Å². The molecule has 0 aliphatic carbocycles. The van der Waals surface area contributed by atoms with Crippen LogP contribution < -0.4 is 0 Å². The number of fused-ring (bicyclic) bond motifs is 1. The minimum absolute atomic E-state index is 0.0703. The highest BCUT2D eigenvalue weighted by atomic mass is 16.5. The molecule has 0 radical (unpaired) electrons. The largest absolute Gasteiger partial charge is 0.384 e. The molecule has 2 aromatic heterocycles. The number of nitrogens with zero attached hydrogens (tertiary/aromatic N) is 6. The first kappa shape index (κ1) is 18.5. The van der Waals surface area contributed by atoms with E-state index in [2.05, 4.69) is 20.5 Å². The van der Waals surface area contributed by atoms with Gasteiger partial charge in [0.15, 0.2) is 5.82 Å². The zero-order valence-electron chi connectivity index (χ0n) is 16.0. The Hall–Kier alpha value is -2.81. The van der Waals surface area contributed by atoms with E-state index in [4.69, 9.17) is 9.26 Å². The van der Waals surface area contributed by atoms with E-state index in [-0.39, 0.29) is 11.9 Å². The Labute approximate surface area is 162 Å². The monoisotopic (exact) mass is 384 g/mol. The molecule has 1 aromatic carbocycles. The first-order chi connectivity index (χ1) is 13.8. The van der Waals surface area contributed by atoms with Crippen LogP contribution in [0.4, 0.5) is 0 Å². The van der Waals surface area contributed by atoms with Crippen molar-refractivity contribution in [1.29, 1.82) is 0 Å². The zero-order chi connectivity index (χ0) is 19.3. The SMILES string of the molecule is COCCc1noc(C2CCCCN2C(=O)CCn2nnc3ccccc32)n1. The van der Waals surface area contributed by atoms with Crippen LogP contribution in [0.3, 0.4) is 0 Å². The molecule has 1 fully saturated rings. The van der Waals surface area contributed by atoms with Crippen molar-refractivity contribution in [2.24, 2.45) is 0 Å². The Morgan fingerprint density at radius 2 is 2.21 bits per heavy atom. The fourth-order valence-corrected chi connectivity index (χ4v) is 3.61. The van der Waals surface area contributed by atoms with E-state index in [1.807, 2.05) is 29.2 Å². The van der Waals surface area contributed by atoms with Gasteiger partial charge in [-0.2, -0.15) is 4.98 Å². The molecule has 0 bridgehead atoms. The molecule has 3 aromatic rings. The Morgan fingerprint density at radius 3 is 3.11 bits per heavy atom. The molecule has 148 valence electrons.